The van der Waals surface area contributed by atoms with Gasteiger partial charge in [0.15, 0.2) is 5.78 Å². The van der Waals surface area contributed by atoms with Crippen LogP contribution in [0.3, 0.4) is 0 Å². The Morgan fingerprint density at radius 1 is 1.10 bits per heavy atom. The van der Waals surface area contributed by atoms with Crippen LogP contribution in [-0.2, 0) is 36.2 Å². The lowest BCUT2D eigenvalue weighted by Crippen LogP contribution is -2.46. The molecule has 3 aromatic rings. The second-order valence-corrected chi connectivity index (χ2v) is 19.5. The van der Waals surface area contributed by atoms with Crippen molar-refractivity contribution in [1.82, 2.24) is 19.6 Å². The van der Waals surface area contributed by atoms with Gasteiger partial charge in [0.25, 0.3) is 5.19 Å². The molecule has 0 spiro atoms. The number of nitrogens with zero attached hydrogens (tertiary/aromatic N) is 3. The number of rotatable bonds is 7. The van der Waals surface area contributed by atoms with Gasteiger partial charge >= 0.3 is 0 Å². The Bertz CT molecular complexity index is 1870. The number of hydrogen-bond donors (Lipinski definition) is 1. The van der Waals surface area contributed by atoms with Crippen molar-refractivity contribution in [3.8, 4) is 5.19 Å². The quantitative estimate of drug-likeness (QED) is 0.277. The van der Waals surface area contributed by atoms with E-state index in [1.165, 1.54) is 11.3 Å². The number of aromatic nitrogens is 2. The molecule has 268 valence electrons. The van der Waals surface area contributed by atoms with Crippen molar-refractivity contribution >= 4 is 60.5 Å². The number of carbonyl (C=O) groups excluding carboxylic acids is 3. The number of nitrogens with one attached hydrogen (secondary N) is 1. The largest absolute Gasteiger partial charge is 0.465 e. The topological polar surface area (TPSA) is 136 Å². The minimum Gasteiger partial charge on any atom is -0.465 e. The lowest BCUT2D eigenvalue weighted by atomic mass is 9.90. The molecule has 2 aliphatic heterocycles. The molecule has 10 nitrogen and oxygen atoms in total. The number of benzene rings is 1. The van der Waals surface area contributed by atoms with E-state index in [0.717, 1.165) is 46.6 Å². The zero-order valence-corrected chi connectivity index (χ0v) is 31.4. The van der Waals surface area contributed by atoms with Crippen molar-refractivity contribution in [3.05, 3.63) is 52.5 Å². The minimum absolute atomic E-state index is 0.0959. The standard InChI is InChI=1S/C37H46N4O6S3/c1-36(2,3)31-22-48-32(39-31)17-23-11-7-5-4-6-8-12-24-19-37(24,34(44)40-50(45,46)26-15-16-26)20-29(42)28-18-25(21-41(28)33(23)43)47-35-38-27-13-9-10-14-30(27)49-35/h8-10,12-14,22-26,28H,4-7,11,15-21H2,1-3H3,(H,40,44)/b12-8-/t23-,24+,25-,28+,37-/m1/s1. The van der Waals surface area contributed by atoms with Crippen molar-refractivity contribution in [2.24, 2.45) is 17.3 Å². The number of ether oxygens (including phenoxy) is 1. The lowest BCUT2D eigenvalue weighted by molar-refractivity contribution is -0.142. The molecule has 2 aliphatic carbocycles. The van der Waals surface area contributed by atoms with Gasteiger partial charge in [-0.15, -0.1) is 11.3 Å². The van der Waals surface area contributed by atoms with E-state index in [2.05, 4.69) is 41.9 Å². The van der Waals surface area contributed by atoms with Crippen molar-refractivity contribution in [2.45, 2.75) is 114 Å². The van der Waals surface area contributed by atoms with Gasteiger partial charge < -0.3 is 9.64 Å². The van der Waals surface area contributed by atoms with Gasteiger partial charge in [-0.1, -0.05) is 69.2 Å². The Hall–Kier alpha value is -3.16. The number of para-hydroxylation sites is 1. The molecule has 7 rings (SSSR count). The maximum Gasteiger partial charge on any atom is 0.274 e. The number of carbonyl (C=O) groups is 3. The molecule has 2 aromatic heterocycles. The molecule has 2 saturated carbocycles. The summed E-state index contributed by atoms with van der Waals surface area (Å²) in [5, 5.41) is 2.92. The fourth-order valence-corrected chi connectivity index (χ4v) is 10.7. The van der Waals surface area contributed by atoms with Gasteiger partial charge in [0.1, 0.15) is 6.10 Å². The van der Waals surface area contributed by atoms with Crippen LogP contribution in [0.25, 0.3) is 10.2 Å². The average molecular weight is 739 g/mol. The highest BCUT2D eigenvalue weighted by atomic mass is 32.2. The summed E-state index contributed by atoms with van der Waals surface area (Å²) in [6.07, 6.45) is 9.95. The van der Waals surface area contributed by atoms with Crippen LogP contribution in [-0.4, -0.2) is 64.8 Å². The first-order valence-electron chi connectivity index (χ1n) is 17.9. The predicted octanol–water partition coefficient (Wildman–Crippen LogP) is 6.35. The first-order chi connectivity index (χ1) is 23.8. The van der Waals surface area contributed by atoms with Crippen LogP contribution in [0.15, 0.2) is 41.8 Å². The number of thiazole rings is 2. The smallest absolute Gasteiger partial charge is 0.274 e. The van der Waals surface area contributed by atoms with Gasteiger partial charge in [-0.05, 0) is 56.6 Å². The Kier molecular flexibility index (Phi) is 9.70. The number of sulfonamides is 1. The first-order valence-corrected chi connectivity index (χ1v) is 21.1. The molecule has 4 heterocycles. The van der Waals surface area contributed by atoms with Gasteiger partial charge in [0.05, 0.1) is 44.2 Å². The molecule has 4 aliphatic rings. The Morgan fingerprint density at radius 2 is 1.90 bits per heavy atom. The first kappa shape index (κ1) is 35.3. The van der Waals surface area contributed by atoms with Gasteiger partial charge in [-0.2, -0.15) is 0 Å². The average Bonchev–Trinajstić information content (AvgIpc) is 3.86. The zero-order valence-electron chi connectivity index (χ0n) is 28.9. The van der Waals surface area contributed by atoms with Crippen LogP contribution >= 0.6 is 22.7 Å². The molecule has 0 radical (unpaired) electrons. The van der Waals surface area contributed by atoms with E-state index in [0.29, 0.717) is 37.3 Å². The summed E-state index contributed by atoms with van der Waals surface area (Å²) in [4.78, 5) is 54.0. The molecule has 1 saturated heterocycles. The van der Waals surface area contributed by atoms with Crippen LogP contribution in [0, 0.1) is 17.3 Å². The summed E-state index contributed by atoms with van der Waals surface area (Å²) in [6.45, 7) is 6.60. The molecule has 5 atom stereocenters. The molecular formula is C37H46N4O6S3. The Balaban J connectivity index is 1.18. The second kappa shape index (κ2) is 13.8. The van der Waals surface area contributed by atoms with E-state index in [1.54, 1.807) is 16.2 Å². The Labute approximate surface area is 302 Å². The summed E-state index contributed by atoms with van der Waals surface area (Å²) >= 11 is 3.01. The van der Waals surface area contributed by atoms with Gasteiger partial charge in [0.2, 0.25) is 21.8 Å². The van der Waals surface area contributed by atoms with Crippen molar-refractivity contribution in [2.75, 3.05) is 6.54 Å². The van der Waals surface area contributed by atoms with Crippen LogP contribution in [0.2, 0.25) is 0 Å². The van der Waals surface area contributed by atoms with Crippen LogP contribution in [0.5, 0.6) is 5.19 Å². The highest BCUT2D eigenvalue weighted by Gasteiger charge is 2.61. The molecule has 2 amide bonds. The van der Waals surface area contributed by atoms with E-state index >= 15 is 0 Å². The Morgan fingerprint density at radius 3 is 2.64 bits per heavy atom. The molecular weight excluding hydrogens is 693 g/mol. The lowest BCUT2D eigenvalue weighted by Gasteiger charge is -2.29. The van der Waals surface area contributed by atoms with E-state index in [9.17, 15) is 22.8 Å². The van der Waals surface area contributed by atoms with Crippen LogP contribution in [0.1, 0.15) is 95.7 Å². The number of Topliss-reactive ketones (excluding diaryl/α,β-unsaturated/α-hetero) is 1. The predicted molar refractivity (Wildman–Crippen MR) is 195 cm³/mol. The molecule has 0 bridgehead atoms. The molecule has 1 aromatic carbocycles. The number of allylic oxidation sites excluding steroid dienone is 2. The van der Waals surface area contributed by atoms with Crippen LogP contribution < -0.4 is 9.46 Å². The van der Waals surface area contributed by atoms with Gasteiger partial charge in [-0.3, -0.25) is 19.1 Å². The normalized spacial score (nSPS) is 28.7. The number of fused-ring (bicyclic) bond motifs is 3. The highest BCUT2D eigenvalue weighted by Crippen LogP contribution is 2.57. The van der Waals surface area contributed by atoms with Crippen molar-refractivity contribution in [3.63, 3.8) is 0 Å². The number of hydrogen-bond acceptors (Lipinski definition) is 10. The fraction of sp³-hybridized carbons (Fsp3) is 0.595. The summed E-state index contributed by atoms with van der Waals surface area (Å²) in [7, 11) is -3.79. The van der Waals surface area contributed by atoms with Crippen molar-refractivity contribution < 1.29 is 27.5 Å². The van der Waals surface area contributed by atoms with Gasteiger partial charge in [-0.25, -0.2) is 18.4 Å². The SMILES string of the molecule is CC(C)(C)c1csc(C[C@H]2CCCCC/C=C\[C@H]3C[C@@]3(C(=O)NS(=O)(=O)C3CC3)CC(=O)[C@@H]3C[C@@H](Oc4nc5ccccc5s4)CN3C2=O)n1. The molecule has 1 N–H and O–H groups in total. The second-order valence-electron chi connectivity index (χ2n) is 15.6. The maximum absolute atomic E-state index is 14.6. The highest BCUT2D eigenvalue weighted by molar-refractivity contribution is 7.90. The third-order valence-electron chi connectivity index (χ3n) is 10.6. The third kappa shape index (κ3) is 7.55. The third-order valence-corrected chi connectivity index (χ3v) is 14.2. The van der Waals surface area contributed by atoms with Crippen molar-refractivity contribution in [1.29, 1.82) is 0 Å². The van der Waals surface area contributed by atoms with Crippen LogP contribution in [0.4, 0.5) is 0 Å². The summed E-state index contributed by atoms with van der Waals surface area (Å²) in [5.74, 6) is -1.53. The molecule has 50 heavy (non-hydrogen) atoms. The summed E-state index contributed by atoms with van der Waals surface area (Å²) in [5.41, 5.74) is 0.568. The van der Waals surface area contributed by atoms with Gasteiger partial charge in [0, 0.05) is 36.0 Å². The number of ketones is 1. The molecule has 13 heteroatoms. The monoisotopic (exact) mass is 738 g/mol. The zero-order chi connectivity index (χ0) is 35.3. The molecule has 0 unspecified atom stereocenters. The minimum atomic E-state index is -3.79. The van der Waals surface area contributed by atoms with E-state index in [-0.39, 0.29) is 48.3 Å². The van der Waals surface area contributed by atoms with E-state index < -0.39 is 38.7 Å². The summed E-state index contributed by atoms with van der Waals surface area (Å²) < 4.78 is 35.4. The fourth-order valence-electron chi connectivity index (χ4n) is 7.32. The molecule has 3 fully saturated rings. The maximum atomic E-state index is 14.6. The number of amides is 2. The summed E-state index contributed by atoms with van der Waals surface area (Å²) in [6, 6.07) is 6.97. The van der Waals surface area contributed by atoms with E-state index in [4.69, 9.17) is 9.72 Å². The van der Waals surface area contributed by atoms with E-state index in [1.807, 2.05) is 30.3 Å².